The molecule has 3 aromatic carbocycles. The fraction of sp³-hybridized carbons (Fsp3) is 0.229. The Morgan fingerprint density at radius 2 is 1.79 bits per heavy atom. The number of amides is 1. The molecule has 0 unspecified atom stereocenters. The predicted molar refractivity (Wildman–Crippen MR) is 180 cm³/mol. The Bertz CT molecular complexity index is 2260. The van der Waals surface area contributed by atoms with E-state index in [0.29, 0.717) is 67.8 Å². The third kappa shape index (κ3) is 5.50. The lowest BCUT2D eigenvalue weighted by Gasteiger charge is -2.30. The molecule has 0 spiro atoms. The first-order valence-corrected chi connectivity index (χ1v) is 15.8. The van der Waals surface area contributed by atoms with Gasteiger partial charge in [0.15, 0.2) is 4.80 Å². The van der Waals surface area contributed by atoms with Crippen LogP contribution in [0.3, 0.4) is 0 Å². The zero-order valence-electron chi connectivity index (χ0n) is 26.5. The summed E-state index contributed by atoms with van der Waals surface area (Å²) in [6, 6.07) is 18.4. The number of nitro groups is 1. The maximum absolute atomic E-state index is 14.4. The summed E-state index contributed by atoms with van der Waals surface area (Å²) < 4.78 is 19.2. The highest BCUT2D eigenvalue weighted by atomic mass is 32.1. The summed E-state index contributed by atoms with van der Waals surface area (Å²) >= 11 is 1.18. The fourth-order valence-electron chi connectivity index (χ4n) is 5.99. The second-order valence-corrected chi connectivity index (χ2v) is 11.8. The van der Waals surface area contributed by atoms with Gasteiger partial charge in [-0.25, -0.2) is 4.99 Å². The van der Waals surface area contributed by atoms with E-state index >= 15 is 0 Å². The topological polar surface area (TPSA) is 129 Å². The van der Waals surface area contributed by atoms with Gasteiger partial charge in [-0.05, 0) is 55.8 Å². The highest BCUT2D eigenvalue weighted by molar-refractivity contribution is 7.07. The standard InChI is InChI=1S/C35H32N4O7S/c1-6-37(7-2)34(41)30-20(3)36-35-38(32(30)31-24-11-9-8-10-21(24)12-15-28(31)45-5)33(40)29(47-35)19-23-14-17-27(46-23)25-18-22(39(42)43)13-16-26(25)44-4/h8-19,32H,6-7H2,1-5H3/b29-19+/t32-/m1/s1. The average Bonchev–Trinajstić information content (AvgIpc) is 3.67. The van der Waals surface area contributed by atoms with E-state index in [2.05, 4.69) is 0 Å². The maximum Gasteiger partial charge on any atom is 0.271 e. The van der Waals surface area contributed by atoms with E-state index in [4.69, 9.17) is 18.9 Å². The van der Waals surface area contributed by atoms with Crippen LogP contribution in [0.4, 0.5) is 5.69 Å². The molecule has 47 heavy (non-hydrogen) atoms. The molecule has 0 fully saturated rings. The van der Waals surface area contributed by atoms with Gasteiger partial charge in [-0.1, -0.05) is 41.7 Å². The van der Waals surface area contributed by atoms with Gasteiger partial charge in [0.2, 0.25) is 0 Å². The molecule has 0 radical (unpaired) electrons. The number of carbonyl (C=O) groups is 1. The molecule has 0 bridgehead atoms. The van der Waals surface area contributed by atoms with Crippen LogP contribution in [0, 0.1) is 10.1 Å². The highest BCUT2D eigenvalue weighted by Crippen LogP contribution is 2.41. The number of thiazole rings is 1. The van der Waals surface area contributed by atoms with Crippen molar-refractivity contribution in [2.75, 3.05) is 27.3 Å². The lowest BCUT2D eigenvalue weighted by Crippen LogP contribution is -2.43. The van der Waals surface area contributed by atoms with Gasteiger partial charge < -0.3 is 18.8 Å². The number of non-ortho nitro benzene ring substituents is 1. The van der Waals surface area contributed by atoms with E-state index in [1.165, 1.54) is 36.6 Å². The van der Waals surface area contributed by atoms with E-state index in [1.807, 2.05) is 50.2 Å². The molecular formula is C35H32N4O7S. The number of benzene rings is 3. The summed E-state index contributed by atoms with van der Waals surface area (Å²) in [6.45, 7) is 6.61. The molecule has 0 saturated heterocycles. The third-order valence-electron chi connectivity index (χ3n) is 8.29. The molecule has 0 saturated carbocycles. The summed E-state index contributed by atoms with van der Waals surface area (Å²) in [7, 11) is 3.04. The summed E-state index contributed by atoms with van der Waals surface area (Å²) in [6.07, 6.45) is 1.61. The van der Waals surface area contributed by atoms with E-state index in [0.717, 1.165) is 10.8 Å². The Balaban J connectivity index is 1.56. The van der Waals surface area contributed by atoms with Gasteiger partial charge in [-0.15, -0.1) is 0 Å². The number of fused-ring (bicyclic) bond motifs is 2. The average molecular weight is 653 g/mol. The molecule has 0 N–H and O–H groups in total. The minimum absolute atomic E-state index is 0.110. The van der Waals surface area contributed by atoms with Crippen molar-refractivity contribution < 1.29 is 23.6 Å². The minimum Gasteiger partial charge on any atom is -0.496 e. The monoisotopic (exact) mass is 652 g/mol. The smallest absolute Gasteiger partial charge is 0.271 e. The first-order valence-electron chi connectivity index (χ1n) is 15.0. The van der Waals surface area contributed by atoms with Crippen LogP contribution in [-0.4, -0.2) is 47.6 Å². The van der Waals surface area contributed by atoms with Gasteiger partial charge in [0.25, 0.3) is 17.2 Å². The van der Waals surface area contributed by atoms with Crippen LogP contribution in [0.2, 0.25) is 0 Å². The lowest BCUT2D eigenvalue weighted by molar-refractivity contribution is -0.384. The van der Waals surface area contributed by atoms with Crippen LogP contribution in [0.1, 0.15) is 38.1 Å². The van der Waals surface area contributed by atoms with E-state index in [1.54, 1.807) is 41.7 Å². The zero-order chi connectivity index (χ0) is 33.4. The largest absolute Gasteiger partial charge is 0.496 e. The first-order chi connectivity index (χ1) is 22.7. The number of furan rings is 1. The Kier molecular flexibility index (Phi) is 8.52. The second kappa shape index (κ2) is 12.7. The number of allylic oxidation sites excluding steroid dienone is 1. The molecule has 12 heteroatoms. The normalized spacial score (nSPS) is 14.6. The number of likely N-dealkylation sites (N-methyl/N-ethyl adjacent to an activating group) is 1. The van der Waals surface area contributed by atoms with Gasteiger partial charge in [-0.2, -0.15) is 0 Å². The van der Waals surface area contributed by atoms with E-state index < -0.39 is 11.0 Å². The highest BCUT2D eigenvalue weighted by Gasteiger charge is 2.36. The third-order valence-corrected chi connectivity index (χ3v) is 9.27. The first kappa shape index (κ1) is 31.5. The molecule has 6 rings (SSSR count). The number of carbonyl (C=O) groups excluding carboxylic acids is 1. The van der Waals surface area contributed by atoms with Crippen molar-refractivity contribution in [2.45, 2.75) is 26.8 Å². The molecule has 11 nitrogen and oxygen atoms in total. The summed E-state index contributed by atoms with van der Waals surface area (Å²) in [5.41, 5.74) is 1.56. The Labute approximate surface area is 273 Å². The maximum atomic E-state index is 14.4. The van der Waals surface area contributed by atoms with Gasteiger partial charge in [0.1, 0.15) is 29.1 Å². The van der Waals surface area contributed by atoms with Crippen LogP contribution in [0.5, 0.6) is 11.5 Å². The van der Waals surface area contributed by atoms with Gasteiger partial charge in [0.05, 0.1) is 40.5 Å². The van der Waals surface area contributed by atoms with Crippen molar-refractivity contribution in [3.05, 3.63) is 119 Å². The second-order valence-electron chi connectivity index (χ2n) is 10.8. The number of rotatable bonds is 9. The molecular weight excluding hydrogens is 620 g/mol. The van der Waals surface area contributed by atoms with E-state index in [9.17, 15) is 19.7 Å². The van der Waals surface area contributed by atoms with Gasteiger partial charge in [0, 0.05) is 36.9 Å². The molecule has 0 aliphatic carbocycles. The predicted octanol–water partition coefficient (Wildman–Crippen LogP) is 5.44. The van der Waals surface area contributed by atoms with Crippen molar-refractivity contribution >= 4 is 39.8 Å². The number of nitro benzene ring substituents is 1. The SMILES string of the molecule is CCN(CC)C(=O)C1=C(C)N=c2s/c(=C/c3ccc(-c4cc([N+](=O)[O-])ccc4OC)o3)c(=O)n2[C@H]1c1c(OC)ccc2ccccc12. The number of hydrogen-bond donors (Lipinski definition) is 0. The molecule has 1 aliphatic heterocycles. The van der Waals surface area contributed by atoms with Crippen LogP contribution < -0.4 is 24.4 Å². The van der Waals surface area contributed by atoms with Crippen molar-refractivity contribution in [1.29, 1.82) is 0 Å². The Hall–Kier alpha value is -5.49. The summed E-state index contributed by atoms with van der Waals surface area (Å²) in [5, 5.41) is 13.2. The van der Waals surface area contributed by atoms with Crippen LogP contribution in [-0.2, 0) is 4.79 Å². The van der Waals surface area contributed by atoms with Crippen LogP contribution >= 0.6 is 11.3 Å². The van der Waals surface area contributed by atoms with Gasteiger partial charge >= 0.3 is 0 Å². The number of ether oxygens (including phenoxy) is 2. The van der Waals surface area contributed by atoms with Crippen LogP contribution in [0.15, 0.2) is 92.2 Å². The number of nitrogens with zero attached hydrogens (tertiary/aromatic N) is 4. The number of aromatic nitrogens is 1. The zero-order valence-corrected chi connectivity index (χ0v) is 27.3. The minimum atomic E-state index is -0.816. The van der Waals surface area contributed by atoms with Crippen LogP contribution in [0.25, 0.3) is 28.2 Å². The number of hydrogen-bond acceptors (Lipinski definition) is 9. The molecule has 5 aromatic rings. The molecule has 1 atom stereocenters. The van der Waals surface area contributed by atoms with Crippen molar-refractivity contribution in [3.63, 3.8) is 0 Å². The van der Waals surface area contributed by atoms with Crippen molar-refractivity contribution in [1.82, 2.24) is 9.47 Å². The molecule has 3 heterocycles. The van der Waals surface area contributed by atoms with Crippen molar-refractivity contribution in [2.24, 2.45) is 4.99 Å². The van der Waals surface area contributed by atoms with Crippen molar-refractivity contribution in [3.8, 4) is 22.8 Å². The quantitative estimate of drug-likeness (QED) is 0.153. The molecule has 1 amide bonds. The molecule has 2 aromatic heterocycles. The van der Waals surface area contributed by atoms with E-state index in [-0.39, 0.29) is 17.2 Å². The summed E-state index contributed by atoms with van der Waals surface area (Å²) in [5.74, 6) is 1.44. The molecule has 1 aliphatic rings. The van der Waals surface area contributed by atoms with Gasteiger partial charge in [-0.3, -0.25) is 24.3 Å². The molecule has 240 valence electrons. The fourth-order valence-corrected chi connectivity index (χ4v) is 7.02. The Morgan fingerprint density at radius 3 is 2.49 bits per heavy atom. The lowest BCUT2D eigenvalue weighted by atomic mass is 9.90. The number of methoxy groups -OCH3 is 2. The summed E-state index contributed by atoms with van der Waals surface area (Å²) in [4.78, 5) is 46.4. The Morgan fingerprint density at radius 1 is 1.06 bits per heavy atom.